The Morgan fingerprint density at radius 3 is 3.07 bits per heavy atom. The number of aryl methyl sites for hydroxylation is 1. The molecule has 2 aliphatic heterocycles. The molecule has 2 aliphatic rings. The van der Waals surface area contributed by atoms with E-state index in [0.717, 1.165) is 44.1 Å². The number of morpholine rings is 1. The molecule has 0 aliphatic carbocycles. The van der Waals surface area contributed by atoms with E-state index in [1.807, 2.05) is 19.2 Å². The lowest BCUT2D eigenvalue weighted by Gasteiger charge is -2.32. The average molecular weight is 428 g/mol. The minimum absolute atomic E-state index is 0.00331. The van der Waals surface area contributed by atoms with Crippen molar-refractivity contribution in [3.8, 4) is 11.6 Å². The highest BCUT2D eigenvalue weighted by Gasteiger charge is 2.23. The normalized spacial score (nSPS) is 19.1. The summed E-state index contributed by atoms with van der Waals surface area (Å²) in [6.07, 6.45) is 2.95. The minimum Gasteiger partial charge on any atom is -0.493 e. The molecule has 1 unspecified atom stereocenters. The van der Waals surface area contributed by atoms with E-state index in [-0.39, 0.29) is 6.10 Å². The fraction of sp³-hybridized carbons (Fsp3) is 0.476. The molecule has 158 valence electrons. The van der Waals surface area contributed by atoms with Crippen LogP contribution >= 0.6 is 11.8 Å². The lowest BCUT2D eigenvalue weighted by molar-refractivity contribution is -0.0513. The van der Waals surface area contributed by atoms with Gasteiger partial charge in [-0.3, -0.25) is 4.90 Å². The molecule has 2 aromatic heterocycles. The molecule has 0 bridgehead atoms. The van der Waals surface area contributed by atoms with Gasteiger partial charge in [-0.2, -0.15) is 9.50 Å². The minimum atomic E-state index is 0.00331. The van der Waals surface area contributed by atoms with E-state index in [4.69, 9.17) is 14.2 Å². The molecule has 8 nitrogen and oxygen atoms in total. The van der Waals surface area contributed by atoms with Gasteiger partial charge in [-0.25, -0.2) is 4.98 Å². The maximum atomic E-state index is 6.10. The second kappa shape index (κ2) is 8.41. The lowest BCUT2D eigenvalue weighted by Crippen LogP contribution is -2.44. The third-order valence-corrected chi connectivity index (χ3v) is 5.91. The van der Waals surface area contributed by atoms with E-state index < -0.39 is 0 Å². The number of nitrogens with zero attached hydrogens (tertiary/aromatic N) is 5. The molecule has 0 N–H and O–H groups in total. The second-order valence-corrected chi connectivity index (χ2v) is 8.40. The zero-order chi connectivity index (χ0) is 20.5. The van der Waals surface area contributed by atoms with E-state index in [2.05, 4.69) is 38.2 Å². The van der Waals surface area contributed by atoms with E-state index in [1.54, 1.807) is 4.52 Å². The van der Waals surface area contributed by atoms with E-state index in [0.29, 0.717) is 30.0 Å². The summed E-state index contributed by atoms with van der Waals surface area (Å²) in [6.45, 7) is 6.54. The molecule has 0 spiro atoms. The van der Waals surface area contributed by atoms with Crippen molar-refractivity contribution in [1.82, 2.24) is 24.5 Å². The molecule has 1 saturated heterocycles. The monoisotopic (exact) mass is 427 g/mol. The molecule has 0 saturated carbocycles. The van der Waals surface area contributed by atoms with Gasteiger partial charge in [0.1, 0.15) is 18.5 Å². The summed E-state index contributed by atoms with van der Waals surface area (Å²) in [6, 6.07) is 8.42. The molecule has 5 rings (SSSR count). The van der Waals surface area contributed by atoms with Gasteiger partial charge in [0.2, 0.25) is 11.0 Å². The van der Waals surface area contributed by atoms with Crippen LogP contribution in [-0.4, -0.2) is 69.8 Å². The topological polar surface area (TPSA) is 74.0 Å². The first-order valence-electron chi connectivity index (χ1n) is 10.2. The van der Waals surface area contributed by atoms with Crippen molar-refractivity contribution >= 4 is 17.5 Å². The quantitative estimate of drug-likeness (QED) is 0.555. The summed E-state index contributed by atoms with van der Waals surface area (Å²) in [5.41, 5.74) is 3.49. The highest BCUT2D eigenvalue weighted by molar-refractivity contribution is 7.98. The number of ether oxygens (including phenoxy) is 3. The largest absolute Gasteiger partial charge is 0.493 e. The van der Waals surface area contributed by atoms with Crippen molar-refractivity contribution in [2.45, 2.75) is 31.1 Å². The van der Waals surface area contributed by atoms with Crippen LogP contribution in [-0.2, 0) is 17.7 Å². The molecule has 3 aromatic rings. The van der Waals surface area contributed by atoms with Gasteiger partial charge in [0.25, 0.3) is 5.78 Å². The molecule has 30 heavy (non-hydrogen) atoms. The van der Waals surface area contributed by atoms with Gasteiger partial charge in [0, 0.05) is 37.8 Å². The zero-order valence-electron chi connectivity index (χ0n) is 17.2. The molecular formula is C21H25N5O3S. The van der Waals surface area contributed by atoms with Crippen LogP contribution in [0.25, 0.3) is 5.78 Å². The number of fused-ring (bicyclic) bond motifs is 2. The van der Waals surface area contributed by atoms with Crippen molar-refractivity contribution in [1.29, 1.82) is 0 Å². The Morgan fingerprint density at radius 1 is 1.23 bits per heavy atom. The van der Waals surface area contributed by atoms with Crippen molar-refractivity contribution in [3.63, 3.8) is 0 Å². The molecule has 0 radical (unpaired) electrons. The van der Waals surface area contributed by atoms with Crippen LogP contribution in [0.2, 0.25) is 0 Å². The third kappa shape index (κ3) is 4.10. The van der Waals surface area contributed by atoms with Gasteiger partial charge < -0.3 is 14.2 Å². The molecule has 9 heteroatoms. The number of hydrogen-bond acceptors (Lipinski definition) is 8. The first kappa shape index (κ1) is 19.6. The molecule has 0 amide bonds. The molecule has 1 fully saturated rings. The van der Waals surface area contributed by atoms with Crippen LogP contribution in [0.5, 0.6) is 11.6 Å². The molecule has 1 atom stereocenters. The number of hydrogen-bond donors (Lipinski definition) is 0. The average Bonchev–Trinajstić information content (AvgIpc) is 3.38. The summed E-state index contributed by atoms with van der Waals surface area (Å²) < 4.78 is 19.3. The predicted molar refractivity (Wildman–Crippen MR) is 113 cm³/mol. The van der Waals surface area contributed by atoms with Gasteiger partial charge in [0.05, 0.1) is 13.2 Å². The van der Waals surface area contributed by atoms with Gasteiger partial charge in [-0.15, -0.1) is 5.10 Å². The number of aromatic nitrogens is 4. The van der Waals surface area contributed by atoms with Crippen LogP contribution in [0.4, 0.5) is 0 Å². The zero-order valence-corrected chi connectivity index (χ0v) is 18.0. The summed E-state index contributed by atoms with van der Waals surface area (Å²) in [4.78, 5) is 11.3. The molecule has 4 heterocycles. The van der Waals surface area contributed by atoms with Crippen LogP contribution in [0.15, 0.2) is 29.4 Å². The summed E-state index contributed by atoms with van der Waals surface area (Å²) in [5.74, 6) is 2.23. The maximum absolute atomic E-state index is 6.10. The van der Waals surface area contributed by atoms with Crippen molar-refractivity contribution in [2.24, 2.45) is 0 Å². The van der Waals surface area contributed by atoms with E-state index in [1.165, 1.54) is 22.9 Å². The van der Waals surface area contributed by atoms with Crippen LogP contribution in [0, 0.1) is 6.92 Å². The first-order valence-corrected chi connectivity index (χ1v) is 11.4. The summed E-state index contributed by atoms with van der Waals surface area (Å²) in [7, 11) is 0. The fourth-order valence-corrected chi connectivity index (χ4v) is 4.26. The van der Waals surface area contributed by atoms with Crippen molar-refractivity contribution < 1.29 is 14.2 Å². The molecular weight excluding hydrogens is 402 g/mol. The van der Waals surface area contributed by atoms with Crippen LogP contribution in [0.1, 0.15) is 16.8 Å². The van der Waals surface area contributed by atoms with Crippen LogP contribution in [0.3, 0.4) is 0 Å². The van der Waals surface area contributed by atoms with E-state index >= 15 is 0 Å². The lowest BCUT2D eigenvalue weighted by atomic mass is 10.1. The van der Waals surface area contributed by atoms with Gasteiger partial charge in [-0.1, -0.05) is 23.9 Å². The van der Waals surface area contributed by atoms with Gasteiger partial charge in [0.15, 0.2) is 0 Å². The highest BCUT2D eigenvalue weighted by Crippen LogP contribution is 2.26. The van der Waals surface area contributed by atoms with Crippen molar-refractivity contribution in [2.75, 3.05) is 39.2 Å². The summed E-state index contributed by atoms with van der Waals surface area (Å²) >= 11 is 1.49. The Kier molecular flexibility index (Phi) is 5.49. The fourth-order valence-electron chi connectivity index (χ4n) is 3.92. The van der Waals surface area contributed by atoms with Gasteiger partial charge >= 0.3 is 0 Å². The highest BCUT2D eigenvalue weighted by atomic mass is 32.2. The SMILES string of the molecule is CSc1nc2nc(C)cc(OCC3CN(Cc4ccc5c(c4)CCO5)CCO3)n2n1. The van der Waals surface area contributed by atoms with Crippen LogP contribution < -0.4 is 9.47 Å². The Morgan fingerprint density at radius 2 is 2.17 bits per heavy atom. The second-order valence-electron chi connectivity index (χ2n) is 7.63. The Hall–Kier alpha value is -2.36. The molecule has 1 aromatic carbocycles. The predicted octanol–water partition coefficient (Wildman–Crippen LogP) is 2.37. The number of benzene rings is 1. The maximum Gasteiger partial charge on any atom is 0.256 e. The van der Waals surface area contributed by atoms with Gasteiger partial charge in [-0.05, 0) is 30.4 Å². The first-order chi connectivity index (χ1) is 14.7. The smallest absolute Gasteiger partial charge is 0.256 e. The third-order valence-electron chi connectivity index (χ3n) is 5.37. The van der Waals surface area contributed by atoms with E-state index in [9.17, 15) is 0 Å². The Bertz CT molecular complexity index is 1060. The summed E-state index contributed by atoms with van der Waals surface area (Å²) in [5, 5.41) is 5.13. The number of rotatable bonds is 6. The Balaban J connectivity index is 1.23. The number of thioether (sulfide) groups is 1. The standard InChI is InChI=1S/C21H25N5O3S/c1-14-9-19(26-20(22-14)23-21(24-26)30-2)29-13-17-12-25(6-8-27-17)11-15-3-4-18-16(10-15)5-7-28-18/h3-4,9-10,17H,5-8,11-13H2,1-2H3. The van der Waals surface area contributed by atoms with Crippen molar-refractivity contribution in [3.05, 3.63) is 41.1 Å². The Labute approximate surface area is 179 Å².